The summed E-state index contributed by atoms with van der Waals surface area (Å²) >= 11 is 0. The fourth-order valence-electron chi connectivity index (χ4n) is 1.32. The van der Waals surface area contributed by atoms with E-state index in [0.29, 0.717) is 18.4 Å². The maximum Gasteiger partial charge on any atom is 0.349 e. The Morgan fingerprint density at radius 2 is 1.47 bits per heavy atom. The van der Waals surface area contributed by atoms with Gasteiger partial charge < -0.3 is 4.74 Å². The van der Waals surface area contributed by atoms with Crippen LogP contribution < -0.4 is 0 Å². The van der Waals surface area contributed by atoms with Crippen LogP contribution in [0.15, 0.2) is 11.1 Å². The minimum atomic E-state index is -0.839. The fraction of sp³-hybridized carbons (Fsp3) is 0.545. The van der Waals surface area contributed by atoms with Crippen LogP contribution in [-0.2, 0) is 19.1 Å². The number of rotatable bonds is 4. The molecule has 0 bridgehead atoms. The van der Waals surface area contributed by atoms with Gasteiger partial charge in [0, 0.05) is 6.92 Å². The third kappa shape index (κ3) is 4.06. The summed E-state index contributed by atoms with van der Waals surface area (Å²) in [6, 6.07) is 0. The summed E-state index contributed by atoms with van der Waals surface area (Å²) in [4.78, 5) is 33.3. The monoisotopic (exact) mass is 212 g/mol. The predicted octanol–water partition coefficient (Wildman–Crippen LogP) is 1.78. The molecule has 0 radical (unpaired) electrons. The van der Waals surface area contributed by atoms with Crippen LogP contribution >= 0.6 is 0 Å². The second-order valence-electron chi connectivity index (χ2n) is 3.12. The van der Waals surface area contributed by atoms with Gasteiger partial charge in [-0.3, -0.25) is 9.59 Å². The Balaban J connectivity index is 5.13. The Morgan fingerprint density at radius 3 is 1.73 bits per heavy atom. The average molecular weight is 212 g/mol. The molecule has 0 saturated carbocycles. The standard InChI is InChI=1S/C11H16O4/c1-5-9(6-2)10(7(3)12)11(14)15-8(4)13/h5-6H2,1-4H3. The van der Waals surface area contributed by atoms with Crippen LogP contribution in [0.4, 0.5) is 0 Å². The van der Waals surface area contributed by atoms with Gasteiger partial charge in [-0.05, 0) is 19.8 Å². The number of Topliss-reactive ketones (excluding diaryl/α,β-unsaturated/α-hetero) is 1. The molecule has 0 rings (SSSR count). The molecule has 0 spiro atoms. The molecule has 0 N–H and O–H groups in total. The van der Waals surface area contributed by atoms with Gasteiger partial charge in [0.15, 0.2) is 5.78 Å². The van der Waals surface area contributed by atoms with E-state index < -0.39 is 11.9 Å². The molecule has 0 heterocycles. The summed E-state index contributed by atoms with van der Waals surface area (Å²) in [5.74, 6) is -1.90. The summed E-state index contributed by atoms with van der Waals surface area (Å²) in [6.07, 6.45) is 1.19. The van der Waals surface area contributed by atoms with Crippen LogP contribution in [0.5, 0.6) is 0 Å². The largest absolute Gasteiger partial charge is 0.390 e. The van der Waals surface area contributed by atoms with E-state index >= 15 is 0 Å². The number of ether oxygens (including phenoxy) is 1. The van der Waals surface area contributed by atoms with Crippen molar-refractivity contribution >= 4 is 17.7 Å². The van der Waals surface area contributed by atoms with E-state index in [0.717, 1.165) is 6.92 Å². The average Bonchev–Trinajstić information content (AvgIpc) is 2.11. The highest BCUT2D eigenvalue weighted by Gasteiger charge is 2.21. The normalized spacial score (nSPS) is 9.33. The SMILES string of the molecule is CCC(CC)=C(C(C)=O)C(=O)OC(C)=O. The van der Waals surface area contributed by atoms with Crippen LogP contribution in [0.2, 0.25) is 0 Å². The van der Waals surface area contributed by atoms with Crippen molar-refractivity contribution in [2.75, 3.05) is 0 Å². The van der Waals surface area contributed by atoms with E-state index in [-0.39, 0.29) is 11.4 Å². The van der Waals surface area contributed by atoms with Crippen molar-refractivity contribution in [2.45, 2.75) is 40.5 Å². The van der Waals surface area contributed by atoms with Crippen molar-refractivity contribution in [1.29, 1.82) is 0 Å². The van der Waals surface area contributed by atoms with Gasteiger partial charge in [0.2, 0.25) is 0 Å². The first-order chi connectivity index (χ1) is 6.93. The molecule has 0 aromatic rings. The molecule has 4 nitrogen and oxygen atoms in total. The van der Waals surface area contributed by atoms with E-state index in [4.69, 9.17) is 0 Å². The summed E-state index contributed by atoms with van der Waals surface area (Å²) in [5, 5.41) is 0. The van der Waals surface area contributed by atoms with E-state index in [1.165, 1.54) is 6.92 Å². The molecule has 15 heavy (non-hydrogen) atoms. The lowest BCUT2D eigenvalue weighted by Crippen LogP contribution is -2.18. The zero-order valence-corrected chi connectivity index (χ0v) is 9.55. The summed E-state index contributed by atoms with van der Waals surface area (Å²) in [7, 11) is 0. The summed E-state index contributed by atoms with van der Waals surface area (Å²) in [6.45, 7) is 6.13. The number of esters is 2. The van der Waals surface area contributed by atoms with Crippen LogP contribution in [0.25, 0.3) is 0 Å². The van der Waals surface area contributed by atoms with Crippen LogP contribution in [0.1, 0.15) is 40.5 Å². The van der Waals surface area contributed by atoms with Crippen molar-refractivity contribution in [1.82, 2.24) is 0 Å². The molecule has 4 heteroatoms. The second-order valence-corrected chi connectivity index (χ2v) is 3.12. The number of hydrogen-bond donors (Lipinski definition) is 0. The van der Waals surface area contributed by atoms with Gasteiger partial charge in [0.25, 0.3) is 0 Å². The lowest BCUT2D eigenvalue weighted by molar-refractivity contribution is -0.155. The van der Waals surface area contributed by atoms with Gasteiger partial charge in [-0.1, -0.05) is 19.4 Å². The molecule has 0 aliphatic rings. The number of allylic oxidation sites excluding steroid dienone is 1. The molecule has 0 aromatic carbocycles. The number of hydrogen-bond acceptors (Lipinski definition) is 4. The Hall–Kier alpha value is -1.45. The molecule has 0 atom stereocenters. The molecule has 0 aromatic heterocycles. The molecule has 0 saturated heterocycles. The van der Waals surface area contributed by atoms with Crippen molar-refractivity contribution in [3.8, 4) is 0 Å². The molecule has 0 fully saturated rings. The molecule has 0 unspecified atom stereocenters. The van der Waals surface area contributed by atoms with Crippen molar-refractivity contribution in [3.05, 3.63) is 11.1 Å². The van der Waals surface area contributed by atoms with E-state index in [1.54, 1.807) is 0 Å². The van der Waals surface area contributed by atoms with Crippen LogP contribution in [0.3, 0.4) is 0 Å². The first kappa shape index (κ1) is 13.5. The van der Waals surface area contributed by atoms with E-state index in [9.17, 15) is 14.4 Å². The Morgan fingerprint density at radius 1 is 1.00 bits per heavy atom. The highest BCUT2D eigenvalue weighted by molar-refractivity contribution is 6.18. The zero-order valence-electron chi connectivity index (χ0n) is 9.55. The van der Waals surface area contributed by atoms with Gasteiger partial charge in [-0.25, -0.2) is 4.79 Å². The van der Waals surface area contributed by atoms with Crippen LogP contribution in [-0.4, -0.2) is 17.7 Å². The summed E-state index contributed by atoms with van der Waals surface area (Å²) in [5.41, 5.74) is 0.726. The molecule has 84 valence electrons. The van der Waals surface area contributed by atoms with Gasteiger partial charge >= 0.3 is 11.9 Å². The lowest BCUT2D eigenvalue weighted by Gasteiger charge is -2.07. The smallest absolute Gasteiger partial charge is 0.349 e. The Labute approximate surface area is 89.3 Å². The van der Waals surface area contributed by atoms with Crippen LogP contribution in [0, 0.1) is 0 Å². The molecular formula is C11H16O4. The predicted molar refractivity (Wildman–Crippen MR) is 55.1 cm³/mol. The van der Waals surface area contributed by atoms with Crippen molar-refractivity contribution < 1.29 is 19.1 Å². The van der Waals surface area contributed by atoms with Gasteiger partial charge in [0.05, 0.1) is 0 Å². The third-order valence-corrected chi connectivity index (χ3v) is 2.00. The number of carbonyl (C=O) groups excluding carboxylic acids is 3. The molecule has 0 aliphatic heterocycles. The molecular weight excluding hydrogens is 196 g/mol. The fourth-order valence-corrected chi connectivity index (χ4v) is 1.32. The Kier molecular flexibility index (Phi) is 5.52. The highest BCUT2D eigenvalue weighted by atomic mass is 16.6. The lowest BCUT2D eigenvalue weighted by atomic mass is 10.0. The molecule has 0 aliphatic carbocycles. The quantitative estimate of drug-likeness (QED) is 0.308. The van der Waals surface area contributed by atoms with Gasteiger partial charge in [-0.15, -0.1) is 0 Å². The number of ketones is 1. The van der Waals surface area contributed by atoms with Crippen molar-refractivity contribution in [2.24, 2.45) is 0 Å². The number of carbonyl (C=O) groups is 3. The van der Waals surface area contributed by atoms with E-state index in [1.807, 2.05) is 13.8 Å². The van der Waals surface area contributed by atoms with E-state index in [2.05, 4.69) is 4.74 Å². The maximum absolute atomic E-state index is 11.4. The minimum Gasteiger partial charge on any atom is -0.390 e. The van der Waals surface area contributed by atoms with Crippen molar-refractivity contribution in [3.63, 3.8) is 0 Å². The van der Waals surface area contributed by atoms with Gasteiger partial charge in [-0.2, -0.15) is 0 Å². The first-order valence-corrected chi connectivity index (χ1v) is 4.89. The topological polar surface area (TPSA) is 60.4 Å². The first-order valence-electron chi connectivity index (χ1n) is 4.89. The Bertz CT molecular complexity index is 307. The summed E-state index contributed by atoms with van der Waals surface area (Å²) < 4.78 is 4.40. The second kappa shape index (κ2) is 6.11. The van der Waals surface area contributed by atoms with Gasteiger partial charge in [0.1, 0.15) is 5.57 Å². The molecule has 0 amide bonds. The zero-order chi connectivity index (χ0) is 12.0. The maximum atomic E-state index is 11.4. The minimum absolute atomic E-state index is 0.00944. The highest BCUT2D eigenvalue weighted by Crippen LogP contribution is 2.15. The third-order valence-electron chi connectivity index (χ3n) is 2.00.